The van der Waals surface area contributed by atoms with Crippen LogP contribution in [0.3, 0.4) is 0 Å². The number of halogens is 1. The number of nitrogens with zero attached hydrogens (tertiary/aromatic N) is 1. The molecule has 3 nitrogen and oxygen atoms in total. The molecule has 0 radical (unpaired) electrons. The van der Waals surface area contributed by atoms with Crippen molar-refractivity contribution in [1.82, 2.24) is 4.90 Å². The number of carbonyl (C=O) groups excluding carboxylic acids is 1. The van der Waals surface area contributed by atoms with Crippen LogP contribution in [0.2, 0.25) is 0 Å². The van der Waals surface area contributed by atoms with E-state index in [1.54, 1.807) is 6.92 Å². The molecule has 2 atom stereocenters. The van der Waals surface area contributed by atoms with Crippen molar-refractivity contribution in [3.8, 4) is 0 Å². The van der Waals surface area contributed by atoms with Gasteiger partial charge in [0, 0.05) is 13.1 Å². The number of hydrogen-bond donors (Lipinski definition) is 1. The monoisotopic (exact) mass is 248 g/mol. The summed E-state index contributed by atoms with van der Waals surface area (Å²) in [5, 5.41) is 0. The Morgan fingerprint density at radius 2 is 2.19 bits per heavy atom. The van der Waals surface area contributed by atoms with Gasteiger partial charge in [-0.2, -0.15) is 0 Å². The molecule has 1 unspecified atom stereocenters. The molecule has 1 rings (SSSR count). The maximum Gasteiger partial charge on any atom is 0.239 e. The van der Waals surface area contributed by atoms with E-state index >= 15 is 0 Å². The molecule has 1 aliphatic rings. The molecule has 1 amide bonds. The molecule has 0 aromatic rings. The van der Waals surface area contributed by atoms with Crippen molar-refractivity contribution in [1.29, 1.82) is 0 Å². The van der Waals surface area contributed by atoms with Crippen LogP contribution in [0.1, 0.15) is 46.5 Å². The molecule has 1 fully saturated rings. The Bertz CT molecular complexity index is 229. The van der Waals surface area contributed by atoms with Gasteiger partial charge in [-0.3, -0.25) is 4.79 Å². The summed E-state index contributed by atoms with van der Waals surface area (Å²) in [6, 6.07) is -0.353. The van der Waals surface area contributed by atoms with E-state index in [2.05, 4.69) is 13.8 Å². The van der Waals surface area contributed by atoms with Gasteiger partial charge < -0.3 is 10.6 Å². The first-order chi connectivity index (χ1) is 6.98. The summed E-state index contributed by atoms with van der Waals surface area (Å²) in [5.74, 6) is 0.108. The standard InChI is InChI=1S/C12H24N2O.ClH/c1-4-6-12(3)7-5-8-14(9-12)11(15)10(2)13;/h10H,4-9,13H2,1-3H3;1H/t10-,12?;/m1./s1. The first-order valence-electron chi connectivity index (χ1n) is 6.03. The minimum absolute atomic E-state index is 0. The van der Waals surface area contributed by atoms with Crippen LogP contribution in [0.5, 0.6) is 0 Å². The summed E-state index contributed by atoms with van der Waals surface area (Å²) in [6.45, 7) is 8.05. The van der Waals surface area contributed by atoms with Crippen LogP contribution in [0.4, 0.5) is 0 Å². The van der Waals surface area contributed by atoms with Crippen LogP contribution in [-0.4, -0.2) is 29.9 Å². The normalized spacial score (nSPS) is 27.1. The third kappa shape index (κ3) is 3.95. The lowest BCUT2D eigenvalue weighted by atomic mass is 9.78. The molecule has 1 saturated heterocycles. The Balaban J connectivity index is 0.00000225. The van der Waals surface area contributed by atoms with Crippen LogP contribution < -0.4 is 5.73 Å². The summed E-state index contributed by atoms with van der Waals surface area (Å²) in [7, 11) is 0. The highest BCUT2D eigenvalue weighted by molar-refractivity contribution is 5.85. The topological polar surface area (TPSA) is 46.3 Å². The van der Waals surface area contributed by atoms with Crippen molar-refractivity contribution in [3.63, 3.8) is 0 Å². The highest BCUT2D eigenvalue weighted by atomic mass is 35.5. The zero-order valence-electron chi connectivity index (χ0n) is 10.7. The predicted molar refractivity (Wildman–Crippen MR) is 69.7 cm³/mol. The van der Waals surface area contributed by atoms with E-state index in [-0.39, 0.29) is 24.4 Å². The Morgan fingerprint density at radius 3 is 2.69 bits per heavy atom. The summed E-state index contributed by atoms with van der Waals surface area (Å²) in [4.78, 5) is 13.7. The molecule has 0 bridgehead atoms. The second-order valence-electron chi connectivity index (χ2n) is 5.21. The molecule has 0 aromatic carbocycles. The van der Waals surface area contributed by atoms with Gasteiger partial charge in [0.2, 0.25) is 5.91 Å². The van der Waals surface area contributed by atoms with Crippen LogP contribution in [0.25, 0.3) is 0 Å². The Labute approximate surface area is 105 Å². The Hall–Kier alpha value is -0.280. The molecular weight excluding hydrogens is 224 g/mol. The van der Waals surface area contributed by atoms with Gasteiger partial charge in [-0.05, 0) is 31.6 Å². The van der Waals surface area contributed by atoms with Crippen molar-refractivity contribution in [2.24, 2.45) is 11.1 Å². The zero-order chi connectivity index (χ0) is 11.5. The molecular formula is C12H25ClN2O. The second-order valence-corrected chi connectivity index (χ2v) is 5.21. The van der Waals surface area contributed by atoms with Crippen molar-refractivity contribution in [2.75, 3.05) is 13.1 Å². The molecule has 96 valence electrons. The van der Waals surface area contributed by atoms with Gasteiger partial charge >= 0.3 is 0 Å². The maximum atomic E-state index is 11.8. The molecule has 0 spiro atoms. The molecule has 0 aromatic heterocycles. The minimum atomic E-state index is -0.353. The number of amides is 1. The molecule has 0 aliphatic carbocycles. The van der Waals surface area contributed by atoms with Crippen LogP contribution in [0, 0.1) is 5.41 Å². The van der Waals surface area contributed by atoms with E-state index in [9.17, 15) is 4.79 Å². The van der Waals surface area contributed by atoms with Gasteiger partial charge in [-0.15, -0.1) is 12.4 Å². The summed E-state index contributed by atoms with van der Waals surface area (Å²) >= 11 is 0. The number of piperidine rings is 1. The van der Waals surface area contributed by atoms with Crippen LogP contribution >= 0.6 is 12.4 Å². The Morgan fingerprint density at radius 1 is 1.56 bits per heavy atom. The number of likely N-dealkylation sites (tertiary alicyclic amines) is 1. The lowest BCUT2D eigenvalue weighted by Gasteiger charge is -2.41. The summed E-state index contributed by atoms with van der Waals surface area (Å²) in [6.07, 6.45) is 4.75. The SMILES string of the molecule is CCCC1(C)CCCN(C(=O)[C@@H](C)N)C1.Cl. The first kappa shape index (κ1) is 15.7. The van der Waals surface area contributed by atoms with Gasteiger partial charge in [0.15, 0.2) is 0 Å². The lowest BCUT2D eigenvalue weighted by Crippen LogP contribution is -2.49. The molecule has 2 N–H and O–H groups in total. The molecule has 0 saturated carbocycles. The fourth-order valence-electron chi connectivity index (χ4n) is 2.60. The van der Waals surface area contributed by atoms with E-state index in [0.29, 0.717) is 5.41 Å². The van der Waals surface area contributed by atoms with Crippen molar-refractivity contribution >= 4 is 18.3 Å². The quantitative estimate of drug-likeness (QED) is 0.832. The molecule has 4 heteroatoms. The third-order valence-corrected chi connectivity index (χ3v) is 3.34. The minimum Gasteiger partial charge on any atom is -0.341 e. The van der Waals surface area contributed by atoms with Gasteiger partial charge in [-0.25, -0.2) is 0 Å². The van der Waals surface area contributed by atoms with E-state index in [1.807, 2.05) is 4.90 Å². The number of hydrogen-bond acceptors (Lipinski definition) is 2. The lowest BCUT2D eigenvalue weighted by molar-refractivity contribution is -0.135. The zero-order valence-corrected chi connectivity index (χ0v) is 11.5. The van der Waals surface area contributed by atoms with Crippen molar-refractivity contribution in [2.45, 2.75) is 52.5 Å². The Kier molecular flexibility index (Phi) is 6.34. The van der Waals surface area contributed by atoms with Crippen LogP contribution in [-0.2, 0) is 4.79 Å². The molecule has 1 aliphatic heterocycles. The van der Waals surface area contributed by atoms with E-state index in [0.717, 1.165) is 19.5 Å². The highest BCUT2D eigenvalue weighted by Crippen LogP contribution is 2.33. The van der Waals surface area contributed by atoms with Crippen molar-refractivity contribution in [3.05, 3.63) is 0 Å². The average Bonchev–Trinajstić information content (AvgIpc) is 2.16. The largest absolute Gasteiger partial charge is 0.341 e. The average molecular weight is 249 g/mol. The van der Waals surface area contributed by atoms with Gasteiger partial charge in [-0.1, -0.05) is 20.3 Å². The fraction of sp³-hybridized carbons (Fsp3) is 0.917. The van der Waals surface area contributed by atoms with Crippen LogP contribution in [0.15, 0.2) is 0 Å². The summed E-state index contributed by atoms with van der Waals surface area (Å²) in [5.41, 5.74) is 5.96. The predicted octanol–water partition coefficient (Wildman–Crippen LogP) is 2.18. The highest BCUT2D eigenvalue weighted by Gasteiger charge is 2.32. The molecule has 16 heavy (non-hydrogen) atoms. The van der Waals surface area contributed by atoms with E-state index in [1.165, 1.54) is 19.3 Å². The van der Waals surface area contributed by atoms with E-state index in [4.69, 9.17) is 5.73 Å². The number of carbonyl (C=O) groups is 1. The number of rotatable bonds is 3. The van der Waals surface area contributed by atoms with Gasteiger partial charge in [0.25, 0.3) is 0 Å². The summed E-state index contributed by atoms with van der Waals surface area (Å²) < 4.78 is 0. The first-order valence-corrected chi connectivity index (χ1v) is 6.03. The van der Waals surface area contributed by atoms with Crippen molar-refractivity contribution < 1.29 is 4.79 Å². The smallest absolute Gasteiger partial charge is 0.239 e. The number of nitrogens with two attached hydrogens (primary N) is 1. The van der Waals surface area contributed by atoms with E-state index < -0.39 is 0 Å². The third-order valence-electron chi connectivity index (χ3n) is 3.34. The molecule has 1 heterocycles. The fourth-order valence-corrected chi connectivity index (χ4v) is 2.60. The van der Waals surface area contributed by atoms with Gasteiger partial charge in [0.1, 0.15) is 0 Å². The van der Waals surface area contributed by atoms with Gasteiger partial charge in [0.05, 0.1) is 6.04 Å². The second kappa shape index (κ2) is 6.45. The maximum absolute atomic E-state index is 11.8.